The summed E-state index contributed by atoms with van der Waals surface area (Å²) in [7, 11) is -1.82. The first-order chi connectivity index (χ1) is 9.28. The van der Waals surface area contributed by atoms with Crippen molar-refractivity contribution in [2.45, 2.75) is 85.2 Å². The van der Waals surface area contributed by atoms with Crippen molar-refractivity contribution in [1.82, 2.24) is 0 Å². The van der Waals surface area contributed by atoms with Gasteiger partial charge >= 0.3 is 0 Å². The van der Waals surface area contributed by atoms with Crippen LogP contribution >= 0.6 is 0 Å². The Morgan fingerprint density at radius 3 is 2.10 bits per heavy atom. The van der Waals surface area contributed by atoms with E-state index >= 15 is 0 Å². The van der Waals surface area contributed by atoms with Crippen LogP contribution in [-0.2, 0) is 9.22 Å². The van der Waals surface area contributed by atoms with Crippen LogP contribution in [0.25, 0.3) is 0 Å². The molecule has 0 rings (SSSR count). The van der Waals surface area contributed by atoms with Gasteiger partial charge in [0.15, 0.2) is 14.1 Å². The van der Waals surface area contributed by atoms with E-state index < -0.39 is 14.4 Å². The Morgan fingerprint density at radius 2 is 1.71 bits per heavy atom. The van der Waals surface area contributed by atoms with Crippen molar-refractivity contribution in [3.63, 3.8) is 0 Å². The zero-order valence-corrected chi connectivity index (χ0v) is 16.3. The topological polar surface area (TPSA) is 46.5 Å². The fourth-order valence-electron chi connectivity index (χ4n) is 1.71. The number of Topliss-reactive ketones (excluding diaryl/α,β-unsaturated/α-hetero) is 1. The second-order valence-electron chi connectivity index (χ2n) is 7.87. The molecule has 0 aromatic carbocycles. The quantitative estimate of drug-likeness (QED) is 0.562. The summed E-state index contributed by atoms with van der Waals surface area (Å²) >= 11 is 0. The van der Waals surface area contributed by atoms with Crippen LogP contribution in [0.3, 0.4) is 0 Å². The van der Waals surface area contributed by atoms with Crippen molar-refractivity contribution in [1.29, 1.82) is 0 Å². The minimum atomic E-state index is -1.82. The lowest BCUT2D eigenvalue weighted by molar-refractivity contribution is -0.117. The average Bonchev–Trinajstić information content (AvgIpc) is 2.25. The number of ketones is 1. The third-order valence-electron chi connectivity index (χ3n) is 4.38. The van der Waals surface area contributed by atoms with Gasteiger partial charge in [-0.2, -0.15) is 0 Å². The number of aliphatic hydroxyl groups excluding tert-OH is 1. The lowest BCUT2D eigenvalue weighted by atomic mass is 9.98. The van der Waals surface area contributed by atoms with Gasteiger partial charge in [-0.15, -0.1) is 0 Å². The molecule has 2 atom stereocenters. The molecule has 124 valence electrons. The van der Waals surface area contributed by atoms with Crippen LogP contribution < -0.4 is 0 Å². The molecule has 1 N–H and O–H groups in total. The van der Waals surface area contributed by atoms with Crippen molar-refractivity contribution in [3.05, 3.63) is 11.6 Å². The van der Waals surface area contributed by atoms with E-state index in [9.17, 15) is 9.90 Å². The summed E-state index contributed by atoms with van der Waals surface area (Å²) in [4.78, 5) is 12.1. The third-order valence-corrected chi connectivity index (χ3v) is 8.95. The lowest BCUT2D eigenvalue weighted by Gasteiger charge is -2.38. The Kier molecular flexibility index (Phi) is 7.54. The van der Waals surface area contributed by atoms with Gasteiger partial charge in [-0.25, -0.2) is 0 Å². The highest BCUT2D eigenvalue weighted by molar-refractivity contribution is 6.74. The van der Waals surface area contributed by atoms with Crippen LogP contribution in [0.2, 0.25) is 18.1 Å². The van der Waals surface area contributed by atoms with E-state index in [1.807, 2.05) is 26.8 Å². The molecule has 0 aliphatic heterocycles. The normalized spacial score (nSPS) is 17.0. The maximum Gasteiger partial charge on any atom is 0.192 e. The van der Waals surface area contributed by atoms with E-state index in [4.69, 9.17) is 4.43 Å². The van der Waals surface area contributed by atoms with Gasteiger partial charge in [0.25, 0.3) is 0 Å². The molecule has 0 bridgehead atoms. The fraction of sp³-hybridized carbons (Fsp3) is 0.824. The highest BCUT2D eigenvalue weighted by Crippen LogP contribution is 2.37. The summed E-state index contributed by atoms with van der Waals surface area (Å²) in [6, 6.07) is 0. The Labute approximate surface area is 131 Å². The summed E-state index contributed by atoms with van der Waals surface area (Å²) < 4.78 is 6.22. The molecule has 4 heteroatoms. The molecule has 0 fully saturated rings. The maximum atomic E-state index is 12.1. The fourth-order valence-corrected chi connectivity index (χ4v) is 3.06. The van der Waals surface area contributed by atoms with Gasteiger partial charge in [0.1, 0.15) is 0 Å². The molecule has 0 saturated heterocycles. The van der Waals surface area contributed by atoms with Crippen LogP contribution in [0.5, 0.6) is 0 Å². The van der Waals surface area contributed by atoms with E-state index in [0.29, 0.717) is 5.57 Å². The Hall–Kier alpha value is -0.453. The van der Waals surface area contributed by atoms with Crippen LogP contribution in [0.15, 0.2) is 11.6 Å². The van der Waals surface area contributed by atoms with E-state index in [2.05, 4.69) is 33.9 Å². The molecule has 0 aromatic rings. The number of rotatable bonds is 7. The molecule has 0 aliphatic rings. The van der Waals surface area contributed by atoms with Gasteiger partial charge in [0.05, 0.1) is 12.2 Å². The van der Waals surface area contributed by atoms with Gasteiger partial charge < -0.3 is 9.53 Å². The monoisotopic (exact) mass is 314 g/mol. The molecule has 0 amide bonds. The van der Waals surface area contributed by atoms with Gasteiger partial charge in [-0.3, -0.25) is 4.79 Å². The van der Waals surface area contributed by atoms with Gasteiger partial charge in [0.2, 0.25) is 0 Å². The SMILES string of the molecule is C/C(=C\[C@H](C)O[Si](C)(C)C(C)(C)C)C(=O)C[C@H](O)C(C)C. The number of aliphatic hydroxyl groups is 1. The highest BCUT2D eigenvalue weighted by atomic mass is 28.4. The van der Waals surface area contributed by atoms with Crippen LogP contribution in [0.4, 0.5) is 0 Å². The molecule has 0 heterocycles. The molecular weight excluding hydrogens is 280 g/mol. The second kappa shape index (κ2) is 7.70. The van der Waals surface area contributed by atoms with E-state index in [1.54, 1.807) is 6.92 Å². The minimum Gasteiger partial charge on any atom is -0.411 e. The van der Waals surface area contributed by atoms with Crippen LogP contribution in [0, 0.1) is 5.92 Å². The lowest BCUT2D eigenvalue weighted by Crippen LogP contribution is -2.43. The standard InChI is InChI=1S/C17H34O3Si/c1-12(2)15(18)11-16(19)13(3)10-14(4)20-21(8,9)17(5,6)7/h10,12,14-15,18H,11H2,1-9H3/b13-10+/t14-,15-/m0/s1. The number of carbonyl (C=O) groups is 1. The number of carbonyl (C=O) groups excluding carboxylic acids is 1. The average molecular weight is 315 g/mol. The molecule has 0 aliphatic carbocycles. The Bertz CT molecular complexity index is 378. The van der Waals surface area contributed by atoms with Crippen molar-refractivity contribution in [2.24, 2.45) is 5.92 Å². The molecule has 0 saturated carbocycles. The summed E-state index contributed by atoms with van der Waals surface area (Å²) in [6.45, 7) is 18.6. The Morgan fingerprint density at radius 1 is 1.24 bits per heavy atom. The number of hydrogen-bond donors (Lipinski definition) is 1. The molecule has 0 aromatic heterocycles. The van der Waals surface area contributed by atoms with Crippen molar-refractivity contribution >= 4 is 14.1 Å². The van der Waals surface area contributed by atoms with Gasteiger partial charge in [-0.05, 0) is 43.5 Å². The first-order valence-corrected chi connectivity index (χ1v) is 10.8. The molecule has 0 unspecified atom stereocenters. The largest absolute Gasteiger partial charge is 0.411 e. The van der Waals surface area contributed by atoms with E-state index in [0.717, 1.165) is 0 Å². The minimum absolute atomic E-state index is 0.00174. The summed E-state index contributed by atoms with van der Waals surface area (Å²) in [6.07, 6.45) is 1.42. The van der Waals surface area contributed by atoms with Crippen molar-refractivity contribution in [2.75, 3.05) is 0 Å². The highest BCUT2D eigenvalue weighted by Gasteiger charge is 2.38. The number of hydrogen-bond acceptors (Lipinski definition) is 3. The van der Waals surface area contributed by atoms with Gasteiger partial charge in [0, 0.05) is 6.42 Å². The number of allylic oxidation sites excluding steroid dienone is 1. The second-order valence-corrected chi connectivity index (χ2v) is 12.6. The first kappa shape index (κ1) is 20.5. The summed E-state index contributed by atoms with van der Waals surface area (Å²) in [5.41, 5.74) is 0.681. The smallest absolute Gasteiger partial charge is 0.192 e. The zero-order chi connectivity index (χ0) is 17.0. The maximum absolute atomic E-state index is 12.1. The van der Waals surface area contributed by atoms with Crippen molar-refractivity contribution in [3.8, 4) is 0 Å². The third kappa shape index (κ3) is 6.89. The molecule has 3 nitrogen and oxygen atoms in total. The predicted molar refractivity (Wildman–Crippen MR) is 92.0 cm³/mol. The predicted octanol–water partition coefficient (Wildman–Crippen LogP) is 4.32. The van der Waals surface area contributed by atoms with Crippen LogP contribution in [0.1, 0.15) is 54.9 Å². The molecule has 0 spiro atoms. The van der Waals surface area contributed by atoms with E-state index in [-0.39, 0.29) is 29.3 Å². The summed E-state index contributed by atoms with van der Waals surface area (Å²) in [5.74, 6) is 0.101. The summed E-state index contributed by atoms with van der Waals surface area (Å²) in [5, 5.41) is 9.95. The molecular formula is C17H34O3Si. The molecule has 0 radical (unpaired) electrons. The van der Waals surface area contributed by atoms with Crippen LogP contribution in [-0.4, -0.2) is 31.4 Å². The van der Waals surface area contributed by atoms with Crippen molar-refractivity contribution < 1.29 is 14.3 Å². The zero-order valence-electron chi connectivity index (χ0n) is 15.3. The van der Waals surface area contributed by atoms with Gasteiger partial charge in [-0.1, -0.05) is 40.7 Å². The molecule has 21 heavy (non-hydrogen) atoms. The Balaban J connectivity index is 4.74. The van der Waals surface area contributed by atoms with E-state index in [1.165, 1.54) is 0 Å². The first-order valence-electron chi connectivity index (χ1n) is 7.85.